The zero-order valence-corrected chi connectivity index (χ0v) is 14.6. The van der Waals surface area contributed by atoms with E-state index in [-0.39, 0.29) is 12.1 Å². The van der Waals surface area contributed by atoms with E-state index in [1.54, 1.807) is 17.5 Å². The number of aromatic nitrogens is 2. The lowest BCUT2D eigenvalue weighted by atomic mass is 10.2. The molecular weight excluding hydrogens is 324 g/mol. The number of urea groups is 1. The Kier molecular flexibility index (Phi) is 6.26. The minimum Gasteiger partial charge on any atom is -0.376 e. The van der Waals surface area contributed by atoms with Gasteiger partial charge >= 0.3 is 6.03 Å². The van der Waals surface area contributed by atoms with E-state index < -0.39 is 0 Å². The second kappa shape index (κ2) is 8.84. The molecule has 0 spiro atoms. The summed E-state index contributed by atoms with van der Waals surface area (Å²) in [5.74, 6) is 0. The first kappa shape index (κ1) is 17.0. The third kappa shape index (κ3) is 5.07. The van der Waals surface area contributed by atoms with Gasteiger partial charge in [-0.15, -0.1) is 11.3 Å². The maximum Gasteiger partial charge on any atom is 0.317 e. The van der Waals surface area contributed by atoms with Gasteiger partial charge in [0.2, 0.25) is 0 Å². The molecule has 0 bridgehead atoms. The van der Waals surface area contributed by atoms with Gasteiger partial charge in [0, 0.05) is 43.5 Å². The molecule has 130 valence electrons. The molecule has 6 nitrogen and oxygen atoms in total. The van der Waals surface area contributed by atoms with Crippen molar-refractivity contribution >= 4 is 17.4 Å². The second-order valence-electron chi connectivity index (χ2n) is 5.95. The van der Waals surface area contributed by atoms with E-state index in [1.807, 2.05) is 33.3 Å². The fourth-order valence-corrected chi connectivity index (χ4v) is 3.54. The van der Waals surface area contributed by atoms with Gasteiger partial charge in [0.05, 0.1) is 12.6 Å². The maximum absolute atomic E-state index is 12.6. The molecule has 1 N–H and O–H groups in total. The average Bonchev–Trinajstić information content (AvgIpc) is 3.33. The first-order valence-electron chi connectivity index (χ1n) is 8.45. The van der Waals surface area contributed by atoms with E-state index in [2.05, 4.69) is 16.5 Å². The van der Waals surface area contributed by atoms with Crippen LogP contribution in [0, 0.1) is 0 Å². The lowest BCUT2D eigenvalue weighted by Crippen LogP contribution is -2.43. The first-order chi connectivity index (χ1) is 11.8. The lowest BCUT2D eigenvalue weighted by molar-refractivity contribution is 0.0797. The topological polar surface area (TPSA) is 59.4 Å². The summed E-state index contributed by atoms with van der Waals surface area (Å²) in [4.78, 5) is 15.6. The van der Waals surface area contributed by atoms with Gasteiger partial charge in [0.1, 0.15) is 0 Å². The molecule has 24 heavy (non-hydrogen) atoms. The number of carbonyl (C=O) groups is 1. The maximum atomic E-state index is 12.6. The number of rotatable bonds is 8. The van der Waals surface area contributed by atoms with E-state index in [9.17, 15) is 4.79 Å². The van der Waals surface area contributed by atoms with Crippen LogP contribution in [0.2, 0.25) is 0 Å². The Morgan fingerprint density at radius 2 is 2.46 bits per heavy atom. The van der Waals surface area contributed by atoms with Gasteiger partial charge in [-0.1, -0.05) is 6.07 Å². The summed E-state index contributed by atoms with van der Waals surface area (Å²) in [6.07, 6.45) is 6.85. The van der Waals surface area contributed by atoms with Gasteiger partial charge in [-0.25, -0.2) is 4.79 Å². The van der Waals surface area contributed by atoms with Crippen LogP contribution in [0.15, 0.2) is 36.0 Å². The van der Waals surface area contributed by atoms with Crippen LogP contribution in [-0.2, 0) is 17.8 Å². The Hall–Kier alpha value is -1.86. The Balaban J connectivity index is 1.47. The van der Waals surface area contributed by atoms with Crippen LogP contribution in [-0.4, -0.2) is 46.5 Å². The zero-order chi connectivity index (χ0) is 16.6. The van der Waals surface area contributed by atoms with Crippen molar-refractivity contribution in [3.05, 3.63) is 40.8 Å². The predicted molar refractivity (Wildman–Crippen MR) is 93.9 cm³/mol. The third-order valence-corrected chi connectivity index (χ3v) is 4.92. The normalized spacial score (nSPS) is 17.1. The monoisotopic (exact) mass is 348 g/mol. The van der Waals surface area contributed by atoms with E-state index >= 15 is 0 Å². The van der Waals surface area contributed by atoms with Crippen molar-refractivity contribution in [1.29, 1.82) is 0 Å². The largest absolute Gasteiger partial charge is 0.376 e. The Labute approximate surface area is 146 Å². The fraction of sp³-hybridized carbons (Fsp3) is 0.529. The number of hydrogen-bond donors (Lipinski definition) is 1. The molecule has 0 radical (unpaired) electrons. The molecule has 1 aliphatic heterocycles. The third-order valence-electron chi connectivity index (χ3n) is 4.06. The summed E-state index contributed by atoms with van der Waals surface area (Å²) in [7, 11) is 0. The molecule has 2 aromatic heterocycles. The summed E-state index contributed by atoms with van der Waals surface area (Å²) in [6, 6.07) is 5.98. The van der Waals surface area contributed by atoms with Gasteiger partial charge in [-0.3, -0.25) is 4.68 Å². The molecule has 0 aliphatic carbocycles. The molecule has 3 heterocycles. The molecule has 7 heteroatoms. The molecule has 1 fully saturated rings. The fourth-order valence-electron chi connectivity index (χ4n) is 2.82. The molecule has 2 aromatic rings. The quantitative estimate of drug-likeness (QED) is 0.746. The second-order valence-corrected chi connectivity index (χ2v) is 6.98. The van der Waals surface area contributed by atoms with Gasteiger partial charge < -0.3 is 15.0 Å². The number of hydrogen-bond acceptors (Lipinski definition) is 4. The number of carbonyl (C=O) groups excluding carboxylic acids is 1. The minimum absolute atomic E-state index is 0.0145. The van der Waals surface area contributed by atoms with E-state index in [4.69, 9.17) is 4.74 Å². The van der Waals surface area contributed by atoms with Crippen LogP contribution in [0.5, 0.6) is 0 Å². The number of ether oxygens (including phenoxy) is 1. The van der Waals surface area contributed by atoms with Gasteiger partial charge in [-0.2, -0.15) is 5.10 Å². The van der Waals surface area contributed by atoms with Crippen LogP contribution < -0.4 is 5.32 Å². The van der Waals surface area contributed by atoms with Gasteiger partial charge in [-0.05, 0) is 36.8 Å². The van der Waals surface area contributed by atoms with Crippen LogP contribution in [0.4, 0.5) is 4.79 Å². The average molecular weight is 348 g/mol. The molecule has 2 amide bonds. The molecule has 3 rings (SSSR count). The Morgan fingerprint density at radius 1 is 1.50 bits per heavy atom. The number of thiophene rings is 1. The van der Waals surface area contributed by atoms with E-state index in [1.165, 1.54) is 4.88 Å². The van der Waals surface area contributed by atoms with Crippen molar-refractivity contribution in [2.45, 2.75) is 38.5 Å². The summed E-state index contributed by atoms with van der Waals surface area (Å²) < 4.78 is 7.57. The van der Waals surface area contributed by atoms with Crippen molar-refractivity contribution in [2.24, 2.45) is 0 Å². The summed E-state index contributed by atoms with van der Waals surface area (Å²) in [5, 5.41) is 9.23. The highest BCUT2D eigenvalue weighted by molar-refractivity contribution is 7.09. The standard InChI is InChI=1S/C17H24N4O2S/c22-17(18-7-3-9-21-10-4-8-19-21)20(13-15-5-1-11-23-15)14-16-6-2-12-24-16/h2,4,6,8,10,12,15H,1,3,5,7,9,11,13-14H2,(H,18,22)/t15-/m1/s1. The molecule has 0 unspecified atom stereocenters. The highest BCUT2D eigenvalue weighted by atomic mass is 32.1. The van der Waals surface area contributed by atoms with Crippen molar-refractivity contribution in [1.82, 2.24) is 20.0 Å². The van der Waals surface area contributed by atoms with Crippen LogP contribution in [0.25, 0.3) is 0 Å². The van der Waals surface area contributed by atoms with Crippen LogP contribution in [0.3, 0.4) is 0 Å². The molecule has 1 saturated heterocycles. The molecule has 1 atom stereocenters. The highest BCUT2D eigenvalue weighted by Gasteiger charge is 2.22. The summed E-state index contributed by atoms with van der Waals surface area (Å²) >= 11 is 1.68. The number of nitrogens with one attached hydrogen (secondary N) is 1. The van der Waals surface area contributed by atoms with Crippen molar-refractivity contribution in [2.75, 3.05) is 19.7 Å². The number of aryl methyl sites for hydroxylation is 1. The molecular formula is C17H24N4O2S. The SMILES string of the molecule is O=C(NCCCn1cccn1)N(Cc1cccs1)C[C@H]1CCCO1. The molecule has 1 aliphatic rings. The summed E-state index contributed by atoms with van der Waals surface area (Å²) in [5.41, 5.74) is 0. The van der Waals surface area contributed by atoms with Crippen LogP contribution >= 0.6 is 11.3 Å². The Morgan fingerprint density at radius 3 is 3.17 bits per heavy atom. The van der Waals surface area contributed by atoms with Crippen molar-refractivity contribution < 1.29 is 9.53 Å². The molecule has 0 aromatic carbocycles. The Bertz CT molecular complexity index is 594. The summed E-state index contributed by atoms with van der Waals surface area (Å²) in [6.45, 7) is 3.56. The number of nitrogens with zero attached hydrogens (tertiary/aromatic N) is 3. The smallest absolute Gasteiger partial charge is 0.317 e. The van der Waals surface area contributed by atoms with Gasteiger partial charge in [0.25, 0.3) is 0 Å². The first-order valence-corrected chi connectivity index (χ1v) is 9.33. The minimum atomic E-state index is -0.0145. The molecule has 0 saturated carbocycles. The lowest BCUT2D eigenvalue weighted by Gasteiger charge is -2.25. The van der Waals surface area contributed by atoms with E-state index in [0.717, 1.165) is 32.4 Å². The predicted octanol–water partition coefficient (Wildman–Crippen LogP) is 2.73. The van der Waals surface area contributed by atoms with Crippen LogP contribution in [0.1, 0.15) is 24.1 Å². The highest BCUT2D eigenvalue weighted by Crippen LogP contribution is 2.17. The van der Waals surface area contributed by atoms with E-state index in [0.29, 0.717) is 19.6 Å². The van der Waals surface area contributed by atoms with Gasteiger partial charge in [0.15, 0.2) is 0 Å². The zero-order valence-electron chi connectivity index (χ0n) is 13.8. The van der Waals surface area contributed by atoms with Crippen molar-refractivity contribution in [3.63, 3.8) is 0 Å². The number of amides is 2. The van der Waals surface area contributed by atoms with Crippen molar-refractivity contribution in [3.8, 4) is 0 Å².